The summed E-state index contributed by atoms with van der Waals surface area (Å²) >= 11 is 5.38. The van der Waals surface area contributed by atoms with Crippen molar-refractivity contribution in [3.8, 4) is 0 Å². The van der Waals surface area contributed by atoms with Crippen LogP contribution in [0.3, 0.4) is 0 Å². The van der Waals surface area contributed by atoms with Crippen molar-refractivity contribution in [2.75, 3.05) is 26.0 Å². The van der Waals surface area contributed by atoms with Crippen molar-refractivity contribution in [3.63, 3.8) is 0 Å². The summed E-state index contributed by atoms with van der Waals surface area (Å²) in [6.07, 6.45) is 1.01. The second-order valence-electron chi connectivity index (χ2n) is 6.13. The summed E-state index contributed by atoms with van der Waals surface area (Å²) in [5.74, 6) is 0. The molecule has 0 aliphatic carbocycles. The van der Waals surface area contributed by atoms with Crippen LogP contribution in [-0.2, 0) is 0 Å². The second kappa shape index (κ2) is 7.66. The number of para-hydroxylation sites is 2. The SMILES string of the molecule is CCC(CNc1c2ccccc2nc2ccccc12)N(C)C(=S)NC. The molecule has 0 aliphatic rings. The van der Waals surface area contributed by atoms with Gasteiger partial charge in [-0.2, -0.15) is 0 Å². The van der Waals surface area contributed by atoms with Gasteiger partial charge in [0.2, 0.25) is 0 Å². The van der Waals surface area contributed by atoms with Crippen molar-refractivity contribution in [1.82, 2.24) is 15.2 Å². The minimum absolute atomic E-state index is 0.311. The molecule has 0 bridgehead atoms. The molecule has 1 atom stereocenters. The second-order valence-corrected chi connectivity index (χ2v) is 6.52. The summed E-state index contributed by atoms with van der Waals surface area (Å²) in [4.78, 5) is 6.90. The zero-order valence-electron chi connectivity index (χ0n) is 14.9. The first-order chi connectivity index (χ1) is 12.2. The fraction of sp³-hybridized carbons (Fsp3) is 0.300. The van der Waals surface area contributed by atoms with Gasteiger partial charge in [-0.05, 0) is 30.8 Å². The first-order valence-corrected chi connectivity index (χ1v) is 9.02. The largest absolute Gasteiger partial charge is 0.382 e. The van der Waals surface area contributed by atoms with E-state index in [9.17, 15) is 0 Å². The summed E-state index contributed by atoms with van der Waals surface area (Å²) in [6.45, 7) is 3.00. The number of benzene rings is 2. The molecule has 0 amide bonds. The molecule has 4 nitrogen and oxygen atoms in total. The topological polar surface area (TPSA) is 40.2 Å². The van der Waals surface area contributed by atoms with E-state index < -0.39 is 0 Å². The summed E-state index contributed by atoms with van der Waals surface area (Å²) in [5.41, 5.74) is 3.16. The van der Waals surface area contributed by atoms with Gasteiger partial charge in [0.15, 0.2) is 5.11 Å². The van der Waals surface area contributed by atoms with Crippen molar-refractivity contribution < 1.29 is 0 Å². The number of nitrogens with zero attached hydrogens (tertiary/aromatic N) is 2. The van der Waals surface area contributed by atoms with Crippen molar-refractivity contribution in [1.29, 1.82) is 0 Å². The van der Waals surface area contributed by atoms with E-state index in [1.807, 2.05) is 26.2 Å². The third kappa shape index (κ3) is 3.51. The normalized spacial score (nSPS) is 12.1. The molecule has 1 aromatic heterocycles. The molecule has 0 fully saturated rings. The van der Waals surface area contributed by atoms with Gasteiger partial charge in [-0.3, -0.25) is 0 Å². The Hall–Kier alpha value is -2.40. The Morgan fingerprint density at radius 2 is 1.64 bits per heavy atom. The van der Waals surface area contributed by atoms with Crippen LogP contribution in [0.5, 0.6) is 0 Å². The first kappa shape index (κ1) is 17.4. The van der Waals surface area contributed by atoms with E-state index in [4.69, 9.17) is 17.2 Å². The molecule has 0 spiro atoms. The van der Waals surface area contributed by atoms with Crippen LogP contribution in [0.1, 0.15) is 13.3 Å². The highest BCUT2D eigenvalue weighted by Gasteiger charge is 2.16. The predicted octanol–water partition coefficient (Wildman–Crippen LogP) is 4.01. The highest BCUT2D eigenvalue weighted by molar-refractivity contribution is 7.80. The summed E-state index contributed by atoms with van der Waals surface area (Å²) < 4.78 is 0. The molecular weight excluding hydrogens is 328 g/mol. The van der Waals surface area contributed by atoms with E-state index in [0.717, 1.165) is 45.6 Å². The maximum Gasteiger partial charge on any atom is 0.168 e. The summed E-state index contributed by atoms with van der Waals surface area (Å²) in [5, 5.41) is 9.79. The molecule has 0 radical (unpaired) electrons. The molecule has 130 valence electrons. The van der Waals surface area contributed by atoms with E-state index >= 15 is 0 Å². The van der Waals surface area contributed by atoms with E-state index in [1.54, 1.807) is 0 Å². The summed E-state index contributed by atoms with van der Waals surface area (Å²) in [6, 6.07) is 16.9. The standard InChI is InChI=1S/C20H24N4S/c1-4-14(24(3)20(25)21-2)13-22-19-15-9-5-7-11-17(15)23-18-12-8-6-10-16(18)19/h5-12,14H,4,13H2,1-3H3,(H,21,25)(H,22,23). The number of hydrogen-bond donors (Lipinski definition) is 2. The fourth-order valence-electron chi connectivity index (χ4n) is 3.15. The van der Waals surface area contributed by atoms with E-state index in [2.05, 4.69) is 58.9 Å². The number of aromatic nitrogens is 1. The molecule has 3 aromatic rings. The first-order valence-electron chi connectivity index (χ1n) is 8.61. The lowest BCUT2D eigenvalue weighted by atomic mass is 10.1. The van der Waals surface area contributed by atoms with Gasteiger partial charge in [0.05, 0.1) is 16.7 Å². The van der Waals surface area contributed by atoms with Gasteiger partial charge in [0.1, 0.15) is 0 Å². The molecular formula is C20H24N4S. The van der Waals surface area contributed by atoms with Crippen LogP contribution in [0.15, 0.2) is 48.5 Å². The Labute approximate surface area is 154 Å². The zero-order chi connectivity index (χ0) is 17.8. The van der Waals surface area contributed by atoms with Gasteiger partial charge < -0.3 is 15.5 Å². The Balaban J connectivity index is 1.97. The Morgan fingerprint density at radius 3 is 2.16 bits per heavy atom. The molecule has 1 unspecified atom stereocenters. The number of anilines is 1. The molecule has 2 aromatic carbocycles. The Morgan fingerprint density at radius 1 is 1.08 bits per heavy atom. The number of thiocarbonyl (C=S) groups is 1. The number of rotatable bonds is 5. The highest BCUT2D eigenvalue weighted by Crippen LogP contribution is 2.30. The van der Waals surface area contributed by atoms with Crippen LogP contribution >= 0.6 is 12.2 Å². The summed E-state index contributed by atoms with van der Waals surface area (Å²) in [7, 11) is 3.90. The van der Waals surface area contributed by atoms with Gasteiger partial charge >= 0.3 is 0 Å². The smallest absolute Gasteiger partial charge is 0.168 e. The van der Waals surface area contributed by atoms with Gasteiger partial charge in [0, 0.05) is 37.5 Å². The number of likely N-dealkylation sites (N-methyl/N-ethyl adjacent to an activating group) is 1. The molecule has 5 heteroatoms. The van der Waals surface area contributed by atoms with Gasteiger partial charge in [-0.1, -0.05) is 43.3 Å². The van der Waals surface area contributed by atoms with Gasteiger partial charge in [-0.25, -0.2) is 4.98 Å². The molecule has 0 saturated heterocycles. The molecule has 2 N–H and O–H groups in total. The zero-order valence-corrected chi connectivity index (χ0v) is 15.7. The van der Waals surface area contributed by atoms with Crippen LogP contribution < -0.4 is 10.6 Å². The van der Waals surface area contributed by atoms with Gasteiger partial charge in [-0.15, -0.1) is 0 Å². The molecule has 1 heterocycles. The number of fused-ring (bicyclic) bond motifs is 2. The van der Waals surface area contributed by atoms with Crippen molar-refractivity contribution in [2.24, 2.45) is 0 Å². The molecule has 0 aliphatic heterocycles. The lowest BCUT2D eigenvalue weighted by molar-refractivity contribution is 0.366. The van der Waals surface area contributed by atoms with E-state index in [0.29, 0.717) is 6.04 Å². The van der Waals surface area contributed by atoms with Crippen LogP contribution in [-0.4, -0.2) is 41.7 Å². The van der Waals surface area contributed by atoms with Crippen LogP contribution in [0, 0.1) is 0 Å². The number of nitrogens with one attached hydrogen (secondary N) is 2. The third-order valence-electron chi connectivity index (χ3n) is 4.66. The molecule has 3 rings (SSSR count). The molecule has 0 saturated carbocycles. The van der Waals surface area contributed by atoms with Crippen molar-refractivity contribution >= 4 is 44.8 Å². The molecule has 25 heavy (non-hydrogen) atoms. The maximum atomic E-state index is 5.38. The quantitative estimate of drug-likeness (QED) is 0.536. The van der Waals surface area contributed by atoms with Crippen LogP contribution in [0.4, 0.5) is 5.69 Å². The van der Waals surface area contributed by atoms with Crippen molar-refractivity contribution in [3.05, 3.63) is 48.5 Å². The average Bonchev–Trinajstić information content (AvgIpc) is 2.66. The van der Waals surface area contributed by atoms with Crippen molar-refractivity contribution in [2.45, 2.75) is 19.4 Å². The highest BCUT2D eigenvalue weighted by atomic mass is 32.1. The fourth-order valence-corrected chi connectivity index (χ4v) is 3.30. The Kier molecular flexibility index (Phi) is 5.34. The maximum absolute atomic E-state index is 5.38. The van der Waals surface area contributed by atoms with Crippen LogP contribution in [0.2, 0.25) is 0 Å². The number of pyridine rings is 1. The Bertz CT molecular complexity index is 839. The number of hydrogen-bond acceptors (Lipinski definition) is 3. The van der Waals surface area contributed by atoms with E-state index in [1.165, 1.54) is 0 Å². The average molecular weight is 353 g/mol. The minimum atomic E-state index is 0.311. The lowest BCUT2D eigenvalue weighted by Gasteiger charge is -2.30. The monoisotopic (exact) mass is 352 g/mol. The predicted molar refractivity (Wildman–Crippen MR) is 111 cm³/mol. The van der Waals surface area contributed by atoms with E-state index in [-0.39, 0.29) is 0 Å². The third-order valence-corrected chi connectivity index (χ3v) is 5.15. The van der Waals surface area contributed by atoms with Crippen LogP contribution in [0.25, 0.3) is 21.8 Å². The van der Waals surface area contributed by atoms with Gasteiger partial charge in [0.25, 0.3) is 0 Å². The minimum Gasteiger partial charge on any atom is -0.382 e. The lowest BCUT2D eigenvalue weighted by Crippen LogP contribution is -2.44.